The van der Waals surface area contributed by atoms with Gasteiger partial charge in [0.1, 0.15) is 23.0 Å². The lowest BCUT2D eigenvalue weighted by atomic mass is 10.1. The summed E-state index contributed by atoms with van der Waals surface area (Å²) in [5, 5.41) is 16.9. The Morgan fingerprint density at radius 2 is 1.90 bits per heavy atom. The number of nitrogens with zero attached hydrogens (tertiary/aromatic N) is 3. The fourth-order valence-electron chi connectivity index (χ4n) is 2.82. The molecule has 0 radical (unpaired) electrons. The maximum Gasteiger partial charge on any atom is 0.205 e. The molecule has 30 heavy (non-hydrogen) atoms. The van der Waals surface area contributed by atoms with Gasteiger partial charge in [0.05, 0.1) is 32.7 Å². The first-order chi connectivity index (χ1) is 14.6. The predicted octanol–water partition coefficient (Wildman–Crippen LogP) is 4.14. The summed E-state index contributed by atoms with van der Waals surface area (Å²) in [6, 6.07) is 10.8. The lowest BCUT2D eigenvalue weighted by Crippen LogP contribution is -2.11. The van der Waals surface area contributed by atoms with Crippen LogP contribution in [0, 0.1) is 0 Å². The molecule has 3 rings (SSSR count). The molecule has 1 N–H and O–H groups in total. The van der Waals surface area contributed by atoms with Gasteiger partial charge < -0.3 is 19.3 Å². The molecule has 0 bridgehead atoms. The third-order valence-corrected chi connectivity index (χ3v) is 5.25. The van der Waals surface area contributed by atoms with E-state index in [0.717, 1.165) is 17.7 Å². The van der Waals surface area contributed by atoms with Gasteiger partial charge in [-0.1, -0.05) is 6.92 Å². The Bertz CT molecular complexity index is 1100. The van der Waals surface area contributed by atoms with Crippen molar-refractivity contribution in [2.75, 3.05) is 27.9 Å². The Morgan fingerprint density at radius 3 is 2.57 bits per heavy atom. The van der Waals surface area contributed by atoms with Crippen LogP contribution in [0.15, 0.2) is 51.9 Å². The molecule has 0 saturated heterocycles. The molecule has 1 heterocycles. The van der Waals surface area contributed by atoms with Gasteiger partial charge in [0.25, 0.3) is 0 Å². The van der Waals surface area contributed by atoms with E-state index in [0.29, 0.717) is 34.2 Å². The van der Waals surface area contributed by atoms with Gasteiger partial charge in [-0.3, -0.25) is 4.99 Å². The van der Waals surface area contributed by atoms with Gasteiger partial charge in [0.15, 0.2) is 0 Å². The van der Waals surface area contributed by atoms with Crippen molar-refractivity contribution in [2.24, 2.45) is 10.1 Å². The van der Waals surface area contributed by atoms with Crippen LogP contribution < -0.4 is 19.0 Å². The van der Waals surface area contributed by atoms with Gasteiger partial charge in [-0.05, 0) is 36.8 Å². The normalized spacial score (nSPS) is 11.8. The van der Waals surface area contributed by atoms with E-state index in [1.807, 2.05) is 36.6 Å². The number of phenols is 1. The molecule has 0 saturated carbocycles. The first-order valence-corrected chi connectivity index (χ1v) is 10.3. The number of aromatic nitrogens is 1. The molecule has 0 unspecified atom stereocenters. The molecule has 0 atom stereocenters. The van der Waals surface area contributed by atoms with E-state index < -0.39 is 0 Å². The molecular formula is C22H25N3O4S. The molecule has 2 aromatic carbocycles. The lowest BCUT2D eigenvalue weighted by molar-refractivity contribution is 0.315. The van der Waals surface area contributed by atoms with E-state index in [9.17, 15) is 5.11 Å². The van der Waals surface area contributed by atoms with Gasteiger partial charge >= 0.3 is 0 Å². The minimum Gasteiger partial charge on any atom is -0.507 e. The van der Waals surface area contributed by atoms with Gasteiger partial charge in [-0.15, -0.1) is 11.3 Å². The average molecular weight is 428 g/mol. The Hall–Kier alpha value is -3.26. The van der Waals surface area contributed by atoms with E-state index in [-0.39, 0.29) is 5.75 Å². The Kier molecular flexibility index (Phi) is 7.13. The zero-order chi connectivity index (χ0) is 21.5. The predicted molar refractivity (Wildman–Crippen MR) is 119 cm³/mol. The van der Waals surface area contributed by atoms with Gasteiger partial charge in [-0.25, -0.2) is 4.68 Å². The summed E-state index contributed by atoms with van der Waals surface area (Å²) in [5.41, 5.74) is 2.20. The fraction of sp³-hybridized carbons (Fsp3) is 0.273. The summed E-state index contributed by atoms with van der Waals surface area (Å²) in [6.07, 6.45) is 2.50. The Labute approximate surface area is 179 Å². The molecule has 0 aliphatic rings. The second kappa shape index (κ2) is 9.98. The van der Waals surface area contributed by atoms with Gasteiger partial charge in [0, 0.05) is 29.6 Å². The highest BCUT2D eigenvalue weighted by molar-refractivity contribution is 7.07. The van der Waals surface area contributed by atoms with Crippen LogP contribution >= 0.6 is 11.3 Å². The summed E-state index contributed by atoms with van der Waals surface area (Å²) in [5.74, 6) is 2.13. The number of thiazole rings is 1. The van der Waals surface area contributed by atoms with Crippen molar-refractivity contribution in [3.05, 3.63) is 52.1 Å². The van der Waals surface area contributed by atoms with Crippen LogP contribution in [-0.2, 0) is 0 Å². The van der Waals surface area contributed by atoms with Crippen molar-refractivity contribution in [2.45, 2.75) is 13.3 Å². The van der Waals surface area contributed by atoms with Crippen LogP contribution in [-0.4, -0.2) is 43.9 Å². The Balaban J connectivity index is 2.02. The summed E-state index contributed by atoms with van der Waals surface area (Å²) in [4.78, 5) is 5.01. The van der Waals surface area contributed by atoms with Crippen LogP contribution in [0.1, 0.15) is 18.9 Å². The minimum absolute atomic E-state index is 0.0960. The largest absolute Gasteiger partial charge is 0.507 e. The monoisotopic (exact) mass is 427 g/mol. The number of ether oxygens (including phenoxy) is 3. The summed E-state index contributed by atoms with van der Waals surface area (Å²) in [7, 11) is 4.95. The zero-order valence-corrected chi connectivity index (χ0v) is 18.3. The van der Waals surface area contributed by atoms with Crippen molar-refractivity contribution in [1.29, 1.82) is 0 Å². The number of hydrogen-bond acceptors (Lipinski definition) is 7. The Morgan fingerprint density at radius 1 is 1.10 bits per heavy atom. The van der Waals surface area contributed by atoms with Crippen molar-refractivity contribution >= 4 is 17.6 Å². The standard InChI is InChI=1S/C22H25N3O4S/c1-5-10-29-17-7-6-15(20(26)12-17)13-24-25-19(14-30-22(25)23-2)18-11-16(27-3)8-9-21(18)28-4/h6-9,11-14,26H,5,10H2,1-4H3. The van der Waals surface area contributed by atoms with Crippen LogP contribution in [0.3, 0.4) is 0 Å². The summed E-state index contributed by atoms with van der Waals surface area (Å²) >= 11 is 1.46. The van der Waals surface area contributed by atoms with Crippen molar-refractivity contribution in [1.82, 2.24) is 4.68 Å². The maximum absolute atomic E-state index is 10.3. The van der Waals surface area contributed by atoms with Crippen molar-refractivity contribution in [3.63, 3.8) is 0 Å². The molecule has 0 spiro atoms. The maximum atomic E-state index is 10.3. The molecule has 7 nitrogen and oxygen atoms in total. The van der Waals surface area contributed by atoms with Crippen LogP contribution in [0.25, 0.3) is 11.3 Å². The minimum atomic E-state index is 0.0960. The van der Waals surface area contributed by atoms with E-state index >= 15 is 0 Å². The van der Waals surface area contributed by atoms with Gasteiger partial charge in [0.2, 0.25) is 4.80 Å². The SMILES string of the molecule is CCCOc1ccc(C=Nn2c(-c3cc(OC)ccc3OC)csc2=NC)c(O)c1. The number of aromatic hydroxyl groups is 1. The third-order valence-electron chi connectivity index (χ3n) is 4.35. The number of rotatable bonds is 8. The lowest BCUT2D eigenvalue weighted by Gasteiger charge is -2.11. The molecule has 0 fully saturated rings. The second-order valence-corrected chi connectivity index (χ2v) is 7.16. The molecule has 0 amide bonds. The highest BCUT2D eigenvalue weighted by atomic mass is 32.1. The average Bonchev–Trinajstić information content (AvgIpc) is 3.19. The van der Waals surface area contributed by atoms with E-state index in [4.69, 9.17) is 14.2 Å². The van der Waals surface area contributed by atoms with Crippen molar-refractivity contribution in [3.8, 4) is 34.3 Å². The fourth-order valence-corrected chi connectivity index (χ4v) is 3.62. The van der Waals surface area contributed by atoms with Crippen LogP contribution in [0.2, 0.25) is 0 Å². The zero-order valence-electron chi connectivity index (χ0n) is 17.5. The molecule has 3 aromatic rings. The van der Waals surface area contributed by atoms with Crippen LogP contribution in [0.5, 0.6) is 23.0 Å². The number of benzene rings is 2. The molecule has 0 aliphatic carbocycles. The molecule has 1 aromatic heterocycles. The summed E-state index contributed by atoms with van der Waals surface area (Å²) in [6.45, 7) is 2.63. The van der Waals surface area contributed by atoms with E-state index in [2.05, 4.69) is 10.1 Å². The molecule has 8 heteroatoms. The quantitative estimate of drug-likeness (QED) is 0.548. The highest BCUT2D eigenvalue weighted by Gasteiger charge is 2.14. The summed E-state index contributed by atoms with van der Waals surface area (Å²) < 4.78 is 18.2. The van der Waals surface area contributed by atoms with Gasteiger partial charge in [-0.2, -0.15) is 5.10 Å². The second-order valence-electron chi connectivity index (χ2n) is 6.32. The van der Waals surface area contributed by atoms with E-state index in [1.54, 1.807) is 44.3 Å². The molecule has 158 valence electrons. The highest BCUT2D eigenvalue weighted by Crippen LogP contribution is 2.33. The first-order valence-electron chi connectivity index (χ1n) is 9.47. The number of hydrogen-bond donors (Lipinski definition) is 1. The van der Waals surface area contributed by atoms with Crippen molar-refractivity contribution < 1.29 is 19.3 Å². The number of methoxy groups -OCH3 is 2. The number of phenolic OH excluding ortho intramolecular Hbond substituents is 1. The molecular weight excluding hydrogens is 402 g/mol. The smallest absolute Gasteiger partial charge is 0.205 e. The van der Waals surface area contributed by atoms with E-state index in [1.165, 1.54) is 11.3 Å². The topological polar surface area (TPSA) is 77.6 Å². The molecule has 0 aliphatic heterocycles. The third kappa shape index (κ3) is 4.65. The first kappa shape index (κ1) is 21.4. The van der Waals surface area contributed by atoms with Crippen LogP contribution in [0.4, 0.5) is 0 Å².